The minimum absolute atomic E-state index is 0.148. The van der Waals surface area contributed by atoms with Crippen molar-refractivity contribution in [3.05, 3.63) is 34.0 Å². The maximum absolute atomic E-state index is 13.3. The molecule has 146 valence electrons. The Bertz CT molecular complexity index is 741. The smallest absolute Gasteiger partial charge is 0.245 e. The highest BCUT2D eigenvalue weighted by atomic mass is 32.1. The van der Waals surface area contributed by atoms with Crippen LogP contribution in [0.15, 0.2) is 23.6 Å². The lowest BCUT2D eigenvalue weighted by Crippen LogP contribution is -2.50. The molecular formula is C21H28N2O3S. The van der Waals surface area contributed by atoms with Crippen LogP contribution in [-0.4, -0.2) is 40.6 Å². The number of likely N-dealkylation sites (N-methyl/N-ethyl adjacent to an activating group) is 1. The van der Waals surface area contributed by atoms with Crippen molar-refractivity contribution in [2.45, 2.75) is 52.6 Å². The van der Waals surface area contributed by atoms with Gasteiger partial charge in [-0.25, -0.2) is 0 Å². The molecule has 1 aromatic rings. The molecule has 1 aliphatic heterocycles. The third kappa shape index (κ3) is 3.86. The topological polar surface area (TPSA) is 57.7 Å². The highest BCUT2D eigenvalue weighted by molar-refractivity contribution is 7.10. The van der Waals surface area contributed by atoms with Gasteiger partial charge >= 0.3 is 0 Å². The van der Waals surface area contributed by atoms with Gasteiger partial charge in [-0.3, -0.25) is 19.3 Å². The molecule has 1 aromatic heterocycles. The first-order chi connectivity index (χ1) is 12.8. The summed E-state index contributed by atoms with van der Waals surface area (Å²) in [6, 6.07) is 1.33. The van der Waals surface area contributed by atoms with Gasteiger partial charge in [0.25, 0.3) is 0 Å². The van der Waals surface area contributed by atoms with Gasteiger partial charge in [0.05, 0.1) is 18.4 Å². The number of likely N-dealkylation sites (tertiary alicyclic amines) is 1. The number of hydrogen-bond acceptors (Lipinski definition) is 4. The molecule has 6 heteroatoms. The van der Waals surface area contributed by atoms with E-state index in [2.05, 4.69) is 0 Å². The minimum Gasteiger partial charge on any atom is -0.339 e. The zero-order valence-electron chi connectivity index (χ0n) is 16.5. The van der Waals surface area contributed by atoms with E-state index in [9.17, 15) is 14.4 Å². The van der Waals surface area contributed by atoms with Crippen molar-refractivity contribution in [3.63, 3.8) is 0 Å². The number of amides is 3. The first kappa shape index (κ1) is 19.8. The Hall–Kier alpha value is -1.95. The molecule has 3 rings (SSSR count). The van der Waals surface area contributed by atoms with Gasteiger partial charge in [0, 0.05) is 11.9 Å². The maximum atomic E-state index is 13.3. The lowest BCUT2D eigenvalue weighted by molar-refractivity contribution is -0.152. The van der Waals surface area contributed by atoms with Gasteiger partial charge < -0.3 is 4.90 Å². The summed E-state index contributed by atoms with van der Waals surface area (Å²) in [6.45, 7) is 6.56. The Morgan fingerprint density at radius 3 is 2.30 bits per heavy atom. The van der Waals surface area contributed by atoms with E-state index in [-0.39, 0.29) is 35.5 Å². The second-order valence-electron chi connectivity index (χ2n) is 8.07. The summed E-state index contributed by atoms with van der Waals surface area (Å²) in [5.74, 6) is -0.880. The number of carbonyl (C=O) groups excluding carboxylic acids is 3. The Morgan fingerprint density at radius 1 is 1.22 bits per heavy atom. The van der Waals surface area contributed by atoms with E-state index in [1.807, 2.05) is 44.4 Å². The molecule has 2 heterocycles. The van der Waals surface area contributed by atoms with Gasteiger partial charge in [-0.1, -0.05) is 26.0 Å². The molecule has 3 amide bonds. The van der Waals surface area contributed by atoms with Gasteiger partial charge in [-0.15, -0.1) is 11.3 Å². The van der Waals surface area contributed by atoms with Crippen LogP contribution in [0.2, 0.25) is 0 Å². The van der Waals surface area contributed by atoms with Crippen LogP contribution in [0.3, 0.4) is 0 Å². The summed E-state index contributed by atoms with van der Waals surface area (Å²) in [5, 5.41) is 2.01. The number of carbonyl (C=O) groups is 3. The lowest BCUT2D eigenvalue weighted by Gasteiger charge is -2.31. The fourth-order valence-electron chi connectivity index (χ4n) is 4.01. The normalized spacial score (nSPS) is 23.1. The monoisotopic (exact) mass is 388 g/mol. The highest BCUT2D eigenvalue weighted by Gasteiger charge is 2.51. The van der Waals surface area contributed by atoms with E-state index in [1.165, 1.54) is 4.90 Å². The predicted molar refractivity (Wildman–Crippen MR) is 106 cm³/mol. The van der Waals surface area contributed by atoms with Crippen molar-refractivity contribution in [2.75, 3.05) is 7.05 Å². The molecule has 0 N–H and O–H groups in total. The Balaban J connectivity index is 1.83. The third-order valence-corrected chi connectivity index (χ3v) is 6.57. The fraction of sp³-hybridized carbons (Fsp3) is 0.571. The molecular weight excluding hydrogens is 360 g/mol. The van der Waals surface area contributed by atoms with Crippen LogP contribution >= 0.6 is 11.3 Å². The molecule has 2 aliphatic rings. The zero-order valence-corrected chi connectivity index (χ0v) is 17.3. The Labute approximate surface area is 165 Å². The van der Waals surface area contributed by atoms with Gasteiger partial charge in [-0.05, 0) is 49.1 Å². The number of rotatable bonds is 6. The second kappa shape index (κ2) is 7.97. The quantitative estimate of drug-likeness (QED) is 0.554. The number of hydrogen-bond donors (Lipinski definition) is 0. The van der Waals surface area contributed by atoms with Crippen LogP contribution in [0.1, 0.15) is 43.6 Å². The molecule has 0 aromatic carbocycles. The average Bonchev–Trinajstić information content (AvgIpc) is 3.14. The molecule has 0 bridgehead atoms. The molecule has 0 saturated carbocycles. The van der Waals surface area contributed by atoms with Crippen molar-refractivity contribution in [2.24, 2.45) is 17.8 Å². The molecule has 0 radical (unpaired) electrons. The van der Waals surface area contributed by atoms with Crippen molar-refractivity contribution < 1.29 is 14.4 Å². The molecule has 27 heavy (non-hydrogen) atoms. The standard InChI is InChI=1S/C21H28N2O3S/c1-13(2)11-17(21(26)22(4)12-18-14(3)9-10-27-18)23-19(24)15-7-5-6-8-16(15)20(23)25/h5-6,9-10,13,15-17H,7-8,11-12H2,1-4H3. The number of aryl methyl sites for hydroxylation is 1. The third-order valence-electron chi connectivity index (χ3n) is 5.56. The van der Waals surface area contributed by atoms with Crippen molar-refractivity contribution in [3.8, 4) is 0 Å². The van der Waals surface area contributed by atoms with Crippen molar-refractivity contribution >= 4 is 29.1 Å². The molecule has 1 aliphatic carbocycles. The SMILES string of the molecule is Cc1ccsc1CN(C)C(=O)C(CC(C)C)N1C(=O)C2CC=CCC2C1=O. The van der Waals surface area contributed by atoms with E-state index in [1.54, 1.807) is 23.3 Å². The second-order valence-corrected chi connectivity index (χ2v) is 9.07. The summed E-state index contributed by atoms with van der Waals surface area (Å²) in [6.07, 6.45) is 5.63. The van der Waals surface area contributed by atoms with Crippen LogP contribution in [0.5, 0.6) is 0 Å². The molecule has 3 unspecified atom stereocenters. The van der Waals surface area contributed by atoms with Crippen LogP contribution < -0.4 is 0 Å². The lowest BCUT2D eigenvalue weighted by atomic mass is 9.85. The largest absolute Gasteiger partial charge is 0.339 e. The van der Waals surface area contributed by atoms with Gasteiger partial charge in [0.2, 0.25) is 17.7 Å². The van der Waals surface area contributed by atoms with E-state index in [0.29, 0.717) is 25.8 Å². The zero-order chi connectivity index (χ0) is 19.7. The number of imide groups is 1. The Kier molecular flexibility index (Phi) is 5.84. The molecule has 1 fully saturated rings. The number of thiophene rings is 1. The molecule has 5 nitrogen and oxygen atoms in total. The van der Waals surface area contributed by atoms with Crippen LogP contribution in [0.25, 0.3) is 0 Å². The van der Waals surface area contributed by atoms with Gasteiger partial charge in [0.1, 0.15) is 6.04 Å². The first-order valence-corrected chi connectivity index (χ1v) is 10.5. The Morgan fingerprint density at radius 2 is 1.81 bits per heavy atom. The molecule has 1 saturated heterocycles. The van der Waals surface area contributed by atoms with E-state index in [4.69, 9.17) is 0 Å². The van der Waals surface area contributed by atoms with Gasteiger partial charge in [0.15, 0.2) is 0 Å². The maximum Gasteiger partial charge on any atom is 0.245 e. The van der Waals surface area contributed by atoms with E-state index < -0.39 is 6.04 Å². The van der Waals surface area contributed by atoms with E-state index >= 15 is 0 Å². The van der Waals surface area contributed by atoms with Crippen LogP contribution in [-0.2, 0) is 20.9 Å². The number of nitrogens with zero attached hydrogens (tertiary/aromatic N) is 2. The average molecular weight is 389 g/mol. The summed E-state index contributed by atoms with van der Waals surface area (Å²) in [7, 11) is 1.76. The summed E-state index contributed by atoms with van der Waals surface area (Å²) in [5.41, 5.74) is 1.16. The van der Waals surface area contributed by atoms with Crippen molar-refractivity contribution in [1.82, 2.24) is 9.80 Å². The number of allylic oxidation sites excluding steroid dienone is 2. The predicted octanol–water partition coefficient (Wildman–Crippen LogP) is 3.38. The summed E-state index contributed by atoms with van der Waals surface area (Å²) < 4.78 is 0. The minimum atomic E-state index is -0.708. The van der Waals surface area contributed by atoms with Crippen LogP contribution in [0.4, 0.5) is 0 Å². The molecule has 0 spiro atoms. The van der Waals surface area contributed by atoms with Crippen LogP contribution in [0, 0.1) is 24.7 Å². The first-order valence-electron chi connectivity index (χ1n) is 9.61. The summed E-state index contributed by atoms with van der Waals surface area (Å²) in [4.78, 5) is 43.3. The highest BCUT2D eigenvalue weighted by Crippen LogP contribution is 2.37. The van der Waals surface area contributed by atoms with Crippen molar-refractivity contribution in [1.29, 1.82) is 0 Å². The summed E-state index contributed by atoms with van der Waals surface area (Å²) >= 11 is 1.62. The number of fused-ring (bicyclic) bond motifs is 1. The van der Waals surface area contributed by atoms with E-state index in [0.717, 1.165) is 10.4 Å². The molecule has 3 atom stereocenters. The van der Waals surface area contributed by atoms with Gasteiger partial charge in [-0.2, -0.15) is 0 Å². The fourth-order valence-corrected chi connectivity index (χ4v) is 4.97.